The van der Waals surface area contributed by atoms with Crippen LogP contribution in [0.5, 0.6) is 0 Å². The molecule has 38 heavy (non-hydrogen) atoms. The van der Waals surface area contributed by atoms with Crippen LogP contribution in [0.25, 0.3) is 0 Å². The summed E-state index contributed by atoms with van der Waals surface area (Å²) in [6.07, 6.45) is 3.23. The van der Waals surface area contributed by atoms with E-state index in [4.69, 9.17) is 0 Å². The SMILES string of the molecule is CCCCN1C(=O)[C@@H]2[C@@H](C1=O)N1[C@@H](c3ccccc3)[C@H]3C(=O)N(CCCC)C(=O)[C@@H]3N1[C@H]2c1ccccc1. The van der Waals surface area contributed by atoms with Crippen LogP contribution >= 0.6 is 0 Å². The average molecular weight is 515 g/mol. The van der Waals surface area contributed by atoms with Crippen LogP contribution in [-0.2, 0) is 19.2 Å². The van der Waals surface area contributed by atoms with Gasteiger partial charge in [0.05, 0.1) is 23.9 Å². The van der Waals surface area contributed by atoms with Gasteiger partial charge in [0.15, 0.2) is 0 Å². The van der Waals surface area contributed by atoms with Gasteiger partial charge < -0.3 is 0 Å². The largest absolute Gasteiger partial charge is 0.281 e. The highest BCUT2D eigenvalue weighted by Gasteiger charge is 2.73. The minimum absolute atomic E-state index is 0.181. The lowest BCUT2D eigenvalue weighted by atomic mass is 9.84. The maximum absolute atomic E-state index is 13.9. The number of carbonyl (C=O) groups excluding carboxylic acids is 4. The molecule has 0 aliphatic carbocycles. The lowest BCUT2D eigenvalue weighted by Gasteiger charge is -2.35. The van der Waals surface area contributed by atoms with Crippen LogP contribution in [0.3, 0.4) is 0 Å². The van der Waals surface area contributed by atoms with Gasteiger partial charge in [0.2, 0.25) is 23.6 Å². The number of hydrazine groups is 1. The number of carbonyl (C=O) groups is 4. The highest BCUT2D eigenvalue weighted by molar-refractivity contribution is 6.10. The summed E-state index contributed by atoms with van der Waals surface area (Å²) >= 11 is 0. The second-order valence-electron chi connectivity index (χ2n) is 10.8. The van der Waals surface area contributed by atoms with Gasteiger partial charge in [-0.3, -0.25) is 29.0 Å². The molecule has 4 aliphatic rings. The molecule has 6 rings (SSSR count). The van der Waals surface area contributed by atoms with Crippen molar-refractivity contribution in [3.05, 3.63) is 71.8 Å². The van der Waals surface area contributed by atoms with Crippen LogP contribution in [0, 0.1) is 11.8 Å². The number of unbranched alkanes of at least 4 members (excludes halogenated alkanes) is 2. The molecular formula is C30H34N4O4. The third kappa shape index (κ3) is 3.50. The Balaban J connectivity index is 1.52. The molecule has 0 spiro atoms. The first-order chi connectivity index (χ1) is 18.5. The summed E-state index contributed by atoms with van der Waals surface area (Å²) in [6.45, 7) is 4.86. The smallest absolute Gasteiger partial charge is 0.248 e. The van der Waals surface area contributed by atoms with Crippen LogP contribution in [0.4, 0.5) is 0 Å². The second kappa shape index (κ2) is 9.75. The lowest BCUT2D eigenvalue weighted by Crippen LogP contribution is -2.50. The van der Waals surface area contributed by atoms with E-state index in [0.717, 1.165) is 36.8 Å². The molecule has 4 fully saturated rings. The number of rotatable bonds is 8. The number of hydrogen-bond acceptors (Lipinski definition) is 6. The Morgan fingerprint density at radius 3 is 1.24 bits per heavy atom. The zero-order valence-corrected chi connectivity index (χ0v) is 21.9. The first-order valence-corrected chi connectivity index (χ1v) is 13.9. The van der Waals surface area contributed by atoms with Gasteiger partial charge in [-0.1, -0.05) is 87.4 Å². The van der Waals surface area contributed by atoms with E-state index in [2.05, 4.69) is 0 Å². The molecule has 4 aliphatic heterocycles. The minimum atomic E-state index is -0.745. The molecule has 4 amide bonds. The fourth-order valence-corrected chi connectivity index (χ4v) is 6.99. The monoisotopic (exact) mass is 514 g/mol. The Labute approximate surface area is 223 Å². The predicted octanol–water partition coefficient (Wildman–Crippen LogP) is 3.32. The molecule has 2 aromatic carbocycles. The lowest BCUT2D eigenvalue weighted by molar-refractivity contribution is -0.153. The molecule has 0 aromatic heterocycles. The van der Waals surface area contributed by atoms with Crippen molar-refractivity contribution in [3.63, 3.8) is 0 Å². The number of fused-ring (bicyclic) bond motifs is 5. The minimum Gasteiger partial charge on any atom is -0.281 e. The molecular weight excluding hydrogens is 480 g/mol. The van der Waals surface area contributed by atoms with Crippen LogP contribution in [0.15, 0.2) is 60.7 Å². The Morgan fingerprint density at radius 2 is 0.895 bits per heavy atom. The van der Waals surface area contributed by atoms with Crippen LogP contribution < -0.4 is 0 Å². The number of likely N-dealkylation sites (tertiary alicyclic amines) is 2. The molecule has 6 atom stereocenters. The second-order valence-corrected chi connectivity index (χ2v) is 10.8. The van der Waals surface area contributed by atoms with Gasteiger partial charge in [-0.25, -0.2) is 10.0 Å². The quantitative estimate of drug-likeness (QED) is 0.503. The Kier molecular flexibility index (Phi) is 6.40. The zero-order chi connectivity index (χ0) is 26.6. The van der Waals surface area contributed by atoms with Crippen molar-refractivity contribution in [1.82, 2.24) is 19.8 Å². The topological polar surface area (TPSA) is 81.2 Å². The maximum atomic E-state index is 13.9. The maximum Gasteiger partial charge on any atom is 0.248 e. The zero-order valence-electron chi connectivity index (χ0n) is 21.9. The summed E-state index contributed by atoms with van der Waals surface area (Å²) in [5.74, 6) is -2.08. The van der Waals surface area contributed by atoms with E-state index in [1.807, 2.05) is 84.5 Å². The summed E-state index contributed by atoms with van der Waals surface area (Å²) in [4.78, 5) is 58.5. The number of hydrogen-bond donors (Lipinski definition) is 0. The van der Waals surface area contributed by atoms with Crippen molar-refractivity contribution in [3.8, 4) is 0 Å². The normalized spacial score (nSPS) is 30.9. The van der Waals surface area contributed by atoms with Crippen molar-refractivity contribution in [2.24, 2.45) is 11.8 Å². The van der Waals surface area contributed by atoms with Crippen molar-refractivity contribution < 1.29 is 19.2 Å². The van der Waals surface area contributed by atoms with E-state index in [-0.39, 0.29) is 23.6 Å². The summed E-state index contributed by atoms with van der Waals surface area (Å²) in [7, 11) is 0. The van der Waals surface area contributed by atoms with Gasteiger partial charge in [0.1, 0.15) is 12.1 Å². The third-order valence-corrected chi connectivity index (χ3v) is 8.66. The van der Waals surface area contributed by atoms with Crippen molar-refractivity contribution in [1.29, 1.82) is 0 Å². The number of nitrogens with zero attached hydrogens (tertiary/aromatic N) is 4. The Hall–Kier alpha value is -3.36. The molecule has 198 valence electrons. The first kappa shape index (κ1) is 24.9. The van der Waals surface area contributed by atoms with E-state index >= 15 is 0 Å². The van der Waals surface area contributed by atoms with Crippen molar-refractivity contribution >= 4 is 23.6 Å². The van der Waals surface area contributed by atoms with Gasteiger partial charge in [-0.05, 0) is 24.0 Å². The number of benzene rings is 2. The summed E-state index contributed by atoms with van der Waals surface area (Å²) < 4.78 is 0. The van der Waals surface area contributed by atoms with Gasteiger partial charge in [0, 0.05) is 13.1 Å². The molecule has 8 nitrogen and oxygen atoms in total. The van der Waals surface area contributed by atoms with E-state index in [9.17, 15) is 19.2 Å². The molecule has 0 saturated carbocycles. The number of imide groups is 2. The molecule has 4 heterocycles. The fourth-order valence-electron chi connectivity index (χ4n) is 6.99. The van der Waals surface area contributed by atoms with Crippen LogP contribution in [0.2, 0.25) is 0 Å². The van der Waals surface area contributed by atoms with E-state index in [1.165, 1.54) is 9.80 Å². The number of amides is 4. The highest BCUT2D eigenvalue weighted by Crippen LogP contribution is 2.59. The molecule has 0 unspecified atom stereocenters. The summed E-state index contributed by atoms with van der Waals surface area (Å²) in [5, 5.41) is 3.90. The van der Waals surface area contributed by atoms with Crippen LogP contribution in [0.1, 0.15) is 62.7 Å². The Morgan fingerprint density at radius 1 is 0.526 bits per heavy atom. The summed E-state index contributed by atoms with van der Waals surface area (Å²) in [5.41, 5.74) is 1.76. The first-order valence-electron chi connectivity index (χ1n) is 13.9. The molecule has 2 aromatic rings. The van der Waals surface area contributed by atoms with Gasteiger partial charge in [-0.15, -0.1) is 0 Å². The molecule has 0 radical (unpaired) electrons. The van der Waals surface area contributed by atoms with Crippen LogP contribution in [-0.4, -0.2) is 68.6 Å². The van der Waals surface area contributed by atoms with E-state index < -0.39 is 36.0 Å². The van der Waals surface area contributed by atoms with Gasteiger partial charge in [-0.2, -0.15) is 0 Å². The Bertz CT molecular complexity index is 1150. The summed E-state index contributed by atoms with van der Waals surface area (Å²) in [6, 6.07) is 16.8. The highest BCUT2D eigenvalue weighted by atomic mass is 16.2. The van der Waals surface area contributed by atoms with E-state index in [1.54, 1.807) is 0 Å². The van der Waals surface area contributed by atoms with Gasteiger partial charge in [0.25, 0.3) is 0 Å². The van der Waals surface area contributed by atoms with Gasteiger partial charge >= 0.3 is 0 Å². The standard InChI is InChI=1S/C30H34N4O4/c1-3-5-17-31-27(35)21-23(19-13-9-7-10-14-19)34-26-22(28(36)32(30(26)38)18-6-4-2)24(20-15-11-8-12-16-20)33(34)25(21)29(31)37/h7-16,21-26H,3-6,17-18H2,1-2H3/t21-,22+,23-,24-,25-,26+/m0/s1. The predicted molar refractivity (Wildman–Crippen MR) is 140 cm³/mol. The molecule has 8 heteroatoms. The molecule has 0 N–H and O–H groups in total. The molecule has 4 saturated heterocycles. The van der Waals surface area contributed by atoms with E-state index in [0.29, 0.717) is 13.1 Å². The van der Waals surface area contributed by atoms with Crippen molar-refractivity contribution in [2.45, 2.75) is 63.7 Å². The average Bonchev–Trinajstić information content (AvgIpc) is 3.59. The van der Waals surface area contributed by atoms with Crippen molar-refractivity contribution in [2.75, 3.05) is 13.1 Å². The third-order valence-electron chi connectivity index (χ3n) is 8.66. The molecule has 0 bridgehead atoms. The fraction of sp³-hybridized carbons (Fsp3) is 0.467.